The monoisotopic (exact) mass is 570 g/mol. The Kier molecular flexibility index (Phi) is 18.4. The summed E-state index contributed by atoms with van der Waals surface area (Å²) in [6.07, 6.45) is 22.3. The SMILES string of the molecule is CCCCCCCCCC[Si](C)(C)c1cc(CCl)c([Si](C)(C)CCCCCCCCCC)cc1CCl. The molecule has 0 aliphatic rings. The fourth-order valence-corrected chi connectivity index (χ4v) is 12.5. The number of halogens is 2. The van der Waals surface area contributed by atoms with E-state index in [1.54, 1.807) is 10.4 Å². The Bertz CT molecular complexity index is 640. The minimum Gasteiger partial charge on any atom is -0.122 e. The first-order valence-electron chi connectivity index (χ1n) is 15.5. The molecule has 0 saturated carbocycles. The van der Waals surface area contributed by atoms with Crippen molar-refractivity contribution in [1.29, 1.82) is 0 Å². The van der Waals surface area contributed by atoms with Crippen LogP contribution in [0.2, 0.25) is 38.3 Å². The van der Waals surface area contributed by atoms with E-state index in [-0.39, 0.29) is 0 Å². The molecule has 0 atom stereocenters. The fourth-order valence-electron chi connectivity index (χ4n) is 5.84. The standard InChI is InChI=1S/C32H60Cl2Si2/c1-7-9-11-13-15-17-19-21-23-35(3,4)31-25-30(28-34)32(26-29(31)27-33)36(5,6)24-22-20-18-16-14-12-10-8-2/h25-26H,7-24,27-28H2,1-6H3. The lowest BCUT2D eigenvalue weighted by molar-refractivity contribution is 0.584. The zero-order valence-electron chi connectivity index (χ0n) is 25.1. The maximum atomic E-state index is 6.60. The normalized spacial score (nSPS) is 12.4. The van der Waals surface area contributed by atoms with Gasteiger partial charge >= 0.3 is 0 Å². The first-order chi connectivity index (χ1) is 17.2. The van der Waals surface area contributed by atoms with E-state index in [0.717, 1.165) is 0 Å². The fraction of sp³-hybridized carbons (Fsp3) is 0.812. The maximum absolute atomic E-state index is 6.60. The van der Waals surface area contributed by atoms with Gasteiger partial charge in [0.2, 0.25) is 0 Å². The Morgan fingerprint density at radius 1 is 0.472 bits per heavy atom. The Morgan fingerprint density at radius 2 is 0.750 bits per heavy atom. The quantitative estimate of drug-likeness (QED) is 0.0737. The highest BCUT2D eigenvalue weighted by molar-refractivity contribution is 6.92. The van der Waals surface area contributed by atoms with Gasteiger partial charge in [0.15, 0.2) is 0 Å². The second-order valence-electron chi connectivity index (χ2n) is 12.7. The molecule has 0 aliphatic heterocycles. The highest BCUT2D eigenvalue weighted by Crippen LogP contribution is 2.24. The molecule has 0 bridgehead atoms. The third kappa shape index (κ3) is 12.9. The minimum atomic E-state index is -1.53. The topological polar surface area (TPSA) is 0 Å². The molecule has 210 valence electrons. The van der Waals surface area contributed by atoms with E-state index in [0.29, 0.717) is 11.8 Å². The Hall–Kier alpha value is 0.234. The molecule has 0 aliphatic carbocycles. The van der Waals surface area contributed by atoms with Crippen LogP contribution >= 0.6 is 23.2 Å². The molecule has 4 heteroatoms. The Balaban J connectivity index is 2.74. The third-order valence-corrected chi connectivity index (χ3v) is 16.0. The zero-order chi connectivity index (χ0) is 26.9. The van der Waals surface area contributed by atoms with Gasteiger partial charge in [0.25, 0.3) is 0 Å². The van der Waals surface area contributed by atoms with Gasteiger partial charge in [0.1, 0.15) is 0 Å². The van der Waals surface area contributed by atoms with E-state index in [1.807, 2.05) is 0 Å². The van der Waals surface area contributed by atoms with Crippen LogP contribution in [0.5, 0.6) is 0 Å². The molecule has 0 aromatic heterocycles. The van der Waals surface area contributed by atoms with Crippen molar-refractivity contribution in [2.45, 2.75) is 167 Å². The van der Waals surface area contributed by atoms with Gasteiger partial charge in [-0.1, -0.05) is 177 Å². The molecule has 0 unspecified atom stereocenters. The van der Waals surface area contributed by atoms with Crippen LogP contribution in [0, 0.1) is 0 Å². The molecule has 0 amide bonds. The summed E-state index contributed by atoms with van der Waals surface area (Å²) in [4.78, 5) is 0. The molecule has 0 saturated heterocycles. The second kappa shape index (κ2) is 19.3. The van der Waals surface area contributed by atoms with Crippen LogP contribution in [0.15, 0.2) is 12.1 Å². The molecule has 1 aromatic rings. The number of rotatable bonds is 22. The highest BCUT2D eigenvalue weighted by atomic mass is 35.5. The van der Waals surface area contributed by atoms with Crippen molar-refractivity contribution in [3.05, 3.63) is 23.3 Å². The van der Waals surface area contributed by atoms with Gasteiger partial charge in [-0.05, 0) is 11.1 Å². The van der Waals surface area contributed by atoms with Crippen LogP contribution < -0.4 is 10.4 Å². The first-order valence-corrected chi connectivity index (χ1v) is 23.0. The zero-order valence-corrected chi connectivity index (χ0v) is 28.6. The van der Waals surface area contributed by atoms with Crippen molar-refractivity contribution in [3.8, 4) is 0 Å². The van der Waals surface area contributed by atoms with Crippen LogP contribution in [0.25, 0.3) is 0 Å². The van der Waals surface area contributed by atoms with Crippen molar-refractivity contribution in [2.24, 2.45) is 0 Å². The lowest BCUT2D eigenvalue weighted by Crippen LogP contribution is -2.48. The lowest BCUT2D eigenvalue weighted by atomic mass is 10.1. The van der Waals surface area contributed by atoms with E-state index in [1.165, 1.54) is 126 Å². The second-order valence-corrected chi connectivity index (χ2v) is 22.8. The van der Waals surface area contributed by atoms with E-state index in [9.17, 15) is 0 Å². The van der Waals surface area contributed by atoms with Gasteiger partial charge < -0.3 is 0 Å². The summed E-state index contributed by atoms with van der Waals surface area (Å²) >= 11 is 13.2. The van der Waals surface area contributed by atoms with E-state index >= 15 is 0 Å². The van der Waals surface area contributed by atoms with Crippen molar-refractivity contribution in [3.63, 3.8) is 0 Å². The molecule has 1 aromatic carbocycles. The number of hydrogen-bond acceptors (Lipinski definition) is 0. The number of unbranched alkanes of at least 4 members (excludes halogenated alkanes) is 14. The van der Waals surface area contributed by atoms with Gasteiger partial charge in [-0.25, -0.2) is 0 Å². The van der Waals surface area contributed by atoms with Crippen LogP contribution in [0.1, 0.15) is 128 Å². The third-order valence-electron chi connectivity index (χ3n) is 8.39. The summed E-state index contributed by atoms with van der Waals surface area (Å²) in [6.45, 7) is 14.8. The van der Waals surface area contributed by atoms with E-state index in [4.69, 9.17) is 23.2 Å². The predicted octanol–water partition coefficient (Wildman–Crippen LogP) is 11.3. The van der Waals surface area contributed by atoms with Crippen LogP contribution in [-0.4, -0.2) is 16.1 Å². The van der Waals surface area contributed by atoms with Crippen molar-refractivity contribution < 1.29 is 0 Å². The van der Waals surface area contributed by atoms with Gasteiger partial charge in [-0.15, -0.1) is 23.2 Å². The molecule has 36 heavy (non-hydrogen) atoms. The summed E-state index contributed by atoms with van der Waals surface area (Å²) in [5.41, 5.74) is 2.82. The summed E-state index contributed by atoms with van der Waals surface area (Å²) in [6, 6.07) is 7.76. The summed E-state index contributed by atoms with van der Waals surface area (Å²) in [7, 11) is -3.07. The van der Waals surface area contributed by atoms with E-state index in [2.05, 4.69) is 52.2 Å². The Morgan fingerprint density at radius 3 is 1.03 bits per heavy atom. The van der Waals surface area contributed by atoms with Gasteiger partial charge in [-0.3, -0.25) is 0 Å². The molecular formula is C32H60Cl2Si2. The summed E-state index contributed by atoms with van der Waals surface area (Å²) in [5, 5.41) is 3.16. The average molecular weight is 572 g/mol. The molecule has 0 fully saturated rings. The molecule has 0 spiro atoms. The lowest BCUT2D eigenvalue weighted by Gasteiger charge is -2.31. The van der Waals surface area contributed by atoms with Gasteiger partial charge in [0.05, 0.1) is 16.1 Å². The maximum Gasteiger partial charge on any atom is 0.0810 e. The molecule has 0 heterocycles. The summed E-state index contributed by atoms with van der Waals surface area (Å²) < 4.78 is 0. The molecule has 1 rings (SSSR count). The number of hydrogen-bond donors (Lipinski definition) is 0. The average Bonchev–Trinajstić information content (AvgIpc) is 2.86. The highest BCUT2D eigenvalue weighted by Gasteiger charge is 2.31. The van der Waals surface area contributed by atoms with Crippen molar-refractivity contribution in [1.82, 2.24) is 0 Å². The van der Waals surface area contributed by atoms with E-state index < -0.39 is 16.1 Å². The van der Waals surface area contributed by atoms with Gasteiger partial charge in [0, 0.05) is 11.8 Å². The minimum absolute atomic E-state index is 0.640. The van der Waals surface area contributed by atoms with Crippen LogP contribution in [0.3, 0.4) is 0 Å². The van der Waals surface area contributed by atoms with Crippen LogP contribution in [0.4, 0.5) is 0 Å². The molecular weight excluding hydrogens is 511 g/mol. The largest absolute Gasteiger partial charge is 0.122 e. The number of alkyl halides is 2. The molecule has 0 radical (unpaired) electrons. The van der Waals surface area contributed by atoms with Crippen molar-refractivity contribution >= 4 is 49.7 Å². The first kappa shape index (κ1) is 34.3. The van der Waals surface area contributed by atoms with Crippen LogP contribution in [-0.2, 0) is 11.8 Å². The number of benzene rings is 1. The van der Waals surface area contributed by atoms with Crippen molar-refractivity contribution in [2.75, 3.05) is 0 Å². The molecule has 0 nitrogen and oxygen atoms in total. The Labute approximate surface area is 238 Å². The van der Waals surface area contributed by atoms with Gasteiger partial charge in [-0.2, -0.15) is 0 Å². The predicted molar refractivity (Wildman–Crippen MR) is 175 cm³/mol. The summed E-state index contributed by atoms with van der Waals surface area (Å²) in [5.74, 6) is 1.28. The smallest absolute Gasteiger partial charge is 0.0810 e. The molecule has 0 N–H and O–H groups in total.